The minimum absolute atomic E-state index is 0.0735. The molecule has 0 amide bonds. The van der Waals surface area contributed by atoms with Crippen molar-refractivity contribution in [2.75, 3.05) is 0 Å². The molecule has 0 saturated carbocycles. The lowest BCUT2D eigenvalue weighted by atomic mass is 9.88. The summed E-state index contributed by atoms with van der Waals surface area (Å²) < 4.78 is 6.12. The predicted molar refractivity (Wildman–Crippen MR) is 74.1 cm³/mol. The first-order valence-corrected chi connectivity index (χ1v) is 6.63. The van der Waals surface area contributed by atoms with Crippen LogP contribution in [0.4, 0.5) is 0 Å². The average Bonchev–Trinajstić information content (AvgIpc) is 2.29. The lowest BCUT2D eigenvalue weighted by Crippen LogP contribution is -2.36. The van der Waals surface area contributed by atoms with Crippen molar-refractivity contribution in [1.29, 1.82) is 0 Å². The maximum atomic E-state index is 9.46. The molecule has 0 fully saturated rings. The van der Waals surface area contributed by atoms with Crippen LogP contribution in [0.25, 0.3) is 0 Å². The van der Waals surface area contributed by atoms with Gasteiger partial charge in [0.2, 0.25) is 0 Å². The molecule has 0 radical (unpaired) electrons. The van der Waals surface area contributed by atoms with Gasteiger partial charge in [-0.25, -0.2) is 0 Å². The molecule has 1 atom stereocenters. The van der Waals surface area contributed by atoms with Crippen LogP contribution >= 0.6 is 0 Å². The highest BCUT2D eigenvalue weighted by atomic mass is 16.5. The first-order chi connectivity index (χ1) is 8.48. The minimum Gasteiger partial charge on any atom is -0.508 e. The molecule has 98 valence electrons. The number of benzene rings is 1. The molecule has 0 unspecified atom stereocenters. The Morgan fingerprint density at radius 2 is 2.22 bits per heavy atom. The molecule has 1 aromatic rings. The summed E-state index contributed by atoms with van der Waals surface area (Å²) in [5.74, 6) is 1.25. The number of hydrogen-bond acceptors (Lipinski definition) is 2. The SMILES string of the molecule is CC(C)=CCC[C@]1(C)CCc2cc(O)ccc2O1. The molecule has 1 aliphatic rings. The smallest absolute Gasteiger partial charge is 0.123 e. The molecule has 0 aromatic heterocycles. The summed E-state index contributed by atoms with van der Waals surface area (Å²) in [7, 11) is 0. The number of hydrogen-bond donors (Lipinski definition) is 1. The van der Waals surface area contributed by atoms with Gasteiger partial charge in [-0.2, -0.15) is 0 Å². The van der Waals surface area contributed by atoms with Crippen LogP contribution in [0.3, 0.4) is 0 Å². The summed E-state index contributed by atoms with van der Waals surface area (Å²) in [4.78, 5) is 0. The van der Waals surface area contributed by atoms with Crippen molar-refractivity contribution in [2.24, 2.45) is 0 Å². The van der Waals surface area contributed by atoms with E-state index in [2.05, 4.69) is 26.8 Å². The maximum Gasteiger partial charge on any atom is 0.123 e. The highest BCUT2D eigenvalue weighted by Gasteiger charge is 2.30. The van der Waals surface area contributed by atoms with Crippen molar-refractivity contribution in [1.82, 2.24) is 0 Å². The largest absolute Gasteiger partial charge is 0.508 e. The van der Waals surface area contributed by atoms with E-state index >= 15 is 0 Å². The number of allylic oxidation sites excluding steroid dienone is 2. The lowest BCUT2D eigenvalue weighted by molar-refractivity contribution is 0.0570. The fourth-order valence-corrected chi connectivity index (χ4v) is 2.42. The highest BCUT2D eigenvalue weighted by molar-refractivity contribution is 5.41. The molecule has 1 N–H and O–H groups in total. The van der Waals surface area contributed by atoms with Crippen LogP contribution in [0.15, 0.2) is 29.8 Å². The number of aromatic hydroxyl groups is 1. The topological polar surface area (TPSA) is 29.5 Å². The number of fused-ring (bicyclic) bond motifs is 1. The number of phenols is 1. The molecule has 1 heterocycles. The van der Waals surface area contributed by atoms with Crippen molar-refractivity contribution < 1.29 is 9.84 Å². The number of ether oxygens (including phenoxy) is 1. The van der Waals surface area contributed by atoms with Crippen LogP contribution in [-0.2, 0) is 6.42 Å². The van der Waals surface area contributed by atoms with Crippen LogP contribution in [0, 0.1) is 0 Å². The van der Waals surface area contributed by atoms with Gasteiger partial charge in [0.15, 0.2) is 0 Å². The van der Waals surface area contributed by atoms with Gasteiger partial charge in [-0.05, 0) is 70.2 Å². The zero-order valence-corrected chi connectivity index (χ0v) is 11.5. The molecule has 0 bridgehead atoms. The Kier molecular flexibility index (Phi) is 3.65. The molecular weight excluding hydrogens is 224 g/mol. The van der Waals surface area contributed by atoms with Gasteiger partial charge in [0, 0.05) is 0 Å². The molecule has 1 aromatic carbocycles. The van der Waals surface area contributed by atoms with E-state index in [-0.39, 0.29) is 5.60 Å². The summed E-state index contributed by atoms with van der Waals surface area (Å²) >= 11 is 0. The molecule has 18 heavy (non-hydrogen) atoms. The minimum atomic E-state index is -0.0735. The van der Waals surface area contributed by atoms with E-state index in [0.29, 0.717) is 5.75 Å². The monoisotopic (exact) mass is 246 g/mol. The Morgan fingerprint density at radius 3 is 2.94 bits per heavy atom. The normalized spacial score (nSPS) is 21.9. The Bertz CT molecular complexity index is 458. The molecule has 0 spiro atoms. The molecule has 2 heteroatoms. The summed E-state index contributed by atoms with van der Waals surface area (Å²) in [6, 6.07) is 5.38. The molecule has 2 nitrogen and oxygen atoms in total. The van der Waals surface area contributed by atoms with Gasteiger partial charge in [0.05, 0.1) is 0 Å². The lowest BCUT2D eigenvalue weighted by Gasteiger charge is -2.35. The Labute approximate surface area is 109 Å². The van der Waals surface area contributed by atoms with Gasteiger partial charge in [-0.3, -0.25) is 0 Å². The van der Waals surface area contributed by atoms with Gasteiger partial charge < -0.3 is 9.84 Å². The maximum absolute atomic E-state index is 9.46. The van der Waals surface area contributed by atoms with E-state index < -0.39 is 0 Å². The molecular formula is C16H22O2. The van der Waals surface area contributed by atoms with Crippen molar-refractivity contribution in [2.45, 2.75) is 52.1 Å². The fraction of sp³-hybridized carbons (Fsp3) is 0.500. The van der Waals surface area contributed by atoms with Gasteiger partial charge in [-0.15, -0.1) is 0 Å². The van der Waals surface area contributed by atoms with E-state index in [9.17, 15) is 5.11 Å². The van der Waals surface area contributed by atoms with Crippen molar-refractivity contribution >= 4 is 0 Å². The highest BCUT2D eigenvalue weighted by Crippen LogP contribution is 2.37. The van der Waals surface area contributed by atoms with Crippen molar-refractivity contribution in [3.05, 3.63) is 35.4 Å². The second-order valence-corrected chi connectivity index (χ2v) is 5.66. The zero-order chi connectivity index (χ0) is 13.2. The second-order valence-electron chi connectivity index (χ2n) is 5.66. The van der Waals surface area contributed by atoms with Crippen LogP contribution in [-0.4, -0.2) is 10.7 Å². The zero-order valence-electron chi connectivity index (χ0n) is 11.5. The Morgan fingerprint density at radius 1 is 1.44 bits per heavy atom. The van der Waals surface area contributed by atoms with E-state index in [1.165, 1.54) is 5.57 Å². The molecule has 1 aliphatic heterocycles. The molecule has 2 rings (SSSR count). The van der Waals surface area contributed by atoms with Crippen molar-refractivity contribution in [3.8, 4) is 11.5 Å². The van der Waals surface area contributed by atoms with Crippen molar-refractivity contribution in [3.63, 3.8) is 0 Å². The Hall–Kier alpha value is -1.44. The van der Waals surface area contributed by atoms with Gasteiger partial charge in [0.1, 0.15) is 17.1 Å². The molecule has 0 aliphatic carbocycles. The summed E-state index contributed by atoms with van der Waals surface area (Å²) in [6.45, 7) is 6.44. The van der Waals surface area contributed by atoms with E-state index in [0.717, 1.165) is 37.0 Å². The second kappa shape index (κ2) is 5.05. The summed E-state index contributed by atoms with van der Waals surface area (Å²) in [5, 5.41) is 9.46. The Balaban J connectivity index is 2.06. The fourth-order valence-electron chi connectivity index (χ4n) is 2.42. The third-order valence-corrected chi connectivity index (χ3v) is 3.55. The standard InChI is InChI=1S/C16H22O2/c1-12(2)5-4-9-16(3)10-8-13-11-14(17)6-7-15(13)18-16/h5-7,11,17H,4,8-10H2,1-3H3/t16-/m1/s1. The van der Waals surface area contributed by atoms with E-state index in [1.54, 1.807) is 6.07 Å². The van der Waals surface area contributed by atoms with Crippen LogP contribution in [0.2, 0.25) is 0 Å². The first-order valence-electron chi connectivity index (χ1n) is 6.63. The quantitative estimate of drug-likeness (QED) is 0.809. The van der Waals surface area contributed by atoms with Gasteiger partial charge >= 0.3 is 0 Å². The van der Waals surface area contributed by atoms with Crippen LogP contribution < -0.4 is 4.74 Å². The van der Waals surface area contributed by atoms with Crippen LogP contribution in [0.5, 0.6) is 11.5 Å². The van der Waals surface area contributed by atoms with E-state index in [4.69, 9.17) is 4.74 Å². The predicted octanol–water partition coefficient (Wildman–Crippen LogP) is 4.22. The van der Waals surface area contributed by atoms with Gasteiger partial charge in [-0.1, -0.05) is 11.6 Å². The summed E-state index contributed by atoms with van der Waals surface area (Å²) in [6.07, 6.45) is 6.36. The number of phenolic OH excluding ortho intramolecular Hbond substituents is 1. The molecule has 0 saturated heterocycles. The first kappa shape index (κ1) is 13.0. The van der Waals surface area contributed by atoms with E-state index in [1.807, 2.05) is 12.1 Å². The van der Waals surface area contributed by atoms with Gasteiger partial charge in [0.25, 0.3) is 0 Å². The third-order valence-electron chi connectivity index (χ3n) is 3.55. The number of rotatable bonds is 3. The average molecular weight is 246 g/mol. The summed E-state index contributed by atoms with van der Waals surface area (Å²) in [5.41, 5.74) is 2.41. The van der Waals surface area contributed by atoms with Crippen LogP contribution in [0.1, 0.15) is 45.6 Å². The number of aryl methyl sites for hydroxylation is 1. The third kappa shape index (κ3) is 3.06.